The zero-order chi connectivity index (χ0) is 27.6. The van der Waals surface area contributed by atoms with Gasteiger partial charge in [-0.15, -0.1) is 0 Å². The molecule has 0 unspecified atom stereocenters. The molecular weight excluding hydrogens is 521 g/mol. The van der Waals surface area contributed by atoms with Gasteiger partial charge >= 0.3 is 6.18 Å². The van der Waals surface area contributed by atoms with E-state index in [9.17, 15) is 22.0 Å². The van der Waals surface area contributed by atoms with E-state index in [0.29, 0.717) is 31.3 Å². The van der Waals surface area contributed by atoms with E-state index in [1.807, 2.05) is 0 Å². The van der Waals surface area contributed by atoms with E-state index in [2.05, 4.69) is 25.2 Å². The molecule has 39 heavy (non-hydrogen) atoms. The fraction of sp³-hybridized carbons (Fsp3) is 0.481. The molecular formula is C27H30F5N5O2. The summed E-state index contributed by atoms with van der Waals surface area (Å²) in [5.41, 5.74) is 1.25. The lowest BCUT2D eigenvalue weighted by atomic mass is 10.0. The largest absolute Gasteiger partial charge is 0.416 e. The standard InChI is InChI=1S/C27H30F5N5O2/c1-17(19-12-20(27(30,31)32)14-22(29)13-19)39-26-25(18-4-6-21(28)7-5-18)37(10-11-38-26)16-24-23(33-35-34-24)15-36-8-2-3-9-36/h4-7,12-14,17,25-26H,2-3,8-11,15-16H2,1H3,(H,33,34,35)/t17-,25+,26-/m1/s1. The number of nitrogens with one attached hydrogen (secondary N) is 1. The van der Waals surface area contributed by atoms with Gasteiger partial charge < -0.3 is 9.47 Å². The maximum atomic E-state index is 14.1. The van der Waals surface area contributed by atoms with Crippen molar-refractivity contribution in [2.75, 3.05) is 26.2 Å². The Morgan fingerprint density at radius 1 is 0.974 bits per heavy atom. The predicted octanol–water partition coefficient (Wildman–Crippen LogP) is 5.37. The lowest BCUT2D eigenvalue weighted by Gasteiger charge is -2.42. The van der Waals surface area contributed by atoms with Gasteiger partial charge in [0.1, 0.15) is 23.0 Å². The summed E-state index contributed by atoms with van der Waals surface area (Å²) in [6.45, 7) is 5.42. The average Bonchev–Trinajstić information content (AvgIpc) is 3.57. The highest BCUT2D eigenvalue weighted by Gasteiger charge is 2.37. The summed E-state index contributed by atoms with van der Waals surface area (Å²) >= 11 is 0. The second kappa shape index (κ2) is 11.7. The number of hydrogen-bond acceptors (Lipinski definition) is 6. The molecule has 12 heteroatoms. The summed E-state index contributed by atoms with van der Waals surface area (Å²) in [5, 5.41) is 11.4. The van der Waals surface area contributed by atoms with Crippen molar-refractivity contribution >= 4 is 0 Å². The van der Waals surface area contributed by atoms with Gasteiger partial charge in [-0.25, -0.2) is 8.78 Å². The summed E-state index contributed by atoms with van der Waals surface area (Å²) in [6.07, 6.45) is -4.25. The first-order valence-corrected chi connectivity index (χ1v) is 12.9. The van der Waals surface area contributed by atoms with E-state index in [0.717, 1.165) is 49.5 Å². The number of hydrogen-bond donors (Lipinski definition) is 1. The lowest BCUT2D eigenvalue weighted by Crippen LogP contribution is -2.46. The van der Waals surface area contributed by atoms with Gasteiger partial charge in [-0.2, -0.15) is 28.6 Å². The number of aromatic amines is 1. The van der Waals surface area contributed by atoms with Crippen molar-refractivity contribution in [3.63, 3.8) is 0 Å². The third-order valence-electron chi connectivity index (χ3n) is 7.21. The molecule has 0 saturated carbocycles. The highest BCUT2D eigenvalue weighted by molar-refractivity contribution is 5.28. The summed E-state index contributed by atoms with van der Waals surface area (Å²) in [5.74, 6) is -1.41. The maximum Gasteiger partial charge on any atom is 0.416 e. The summed E-state index contributed by atoms with van der Waals surface area (Å²) in [7, 11) is 0. The van der Waals surface area contributed by atoms with Gasteiger partial charge in [0.15, 0.2) is 6.29 Å². The van der Waals surface area contributed by atoms with E-state index in [4.69, 9.17) is 9.47 Å². The Bertz CT molecular complexity index is 1250. The van der Waals surface area contributed by atoms with Gasteiger partial charge in [0.05, 0.1) is 24.3 Å². The Morgan fingerprint density at radius 3 is 2.36 bits per heavy atom. The molecule has 7 nitrogen and oxygen atoms in total. The molecule has 210 valence electrons. The van der Waals surface area contributed by atoms with Crippen molar-refractivity contribution in [3.05, 3.63) is 82.2 Å². The average molecular weight is 552 g/mol. The molecule has 0 aliphatic carbocycles. The third-order valence-corrected chi connectivity index (χ3v) is 7.21. The van der Waals surface area contributed by atoms with Crippen LogP contribution in [-0.4, -0.2) is 57.7 Å². The molecule has 0 amide bonds. The minimum Gasteiger partial charge on any atom is -0.349 e. The van der Waals surface area contributed by atoms with E-state index >= 15 is 0 Å². The van der Waals surface area contributed by atoms with Crippen molar-refractivity contribution in [1.82, 2.24) is 25.2 Å². The second-order valence-electron chi connectivity index (χ2n) is 9.96. The first-order chi connectivity index (χ1) is 18.7. The van der Waals surface area contributed by atoms with Gasteiger partial charge in [0, 0.05) is 19.6 Å². The molecule has 2 saturated heterocycles. The first-order valence-electron chi connectivity index (χ1n) is 12.9. The van der Waals surface area contributed by atoms with Crippen molar-refractivity contribution in [1.29, 1.82) is 0 Å². The number of rotatable bonds is 8. The first kappa shape index (κ1) is 27.6. The van der Waals surface area contributed by atoms with Crippen LogP contribution in [0.5, 0.6) is 0 Å². The number of benzene rings is 2. The molecule has 2 aromatic carbocycles. The monoisotopic (exact) mass is 551 g/mol. The van der Waals surface area contributed by atoms with Crippen molar-refractivity contribution in [3.8, 4) is 0 Å². The maximum absolute atomic E-state index is 14.1. The van der Waals surface area contributed by atoms with Crippen LogP contribution in [-0.2, 0) is 28.7 Å². The topological polar surface area (TPSA) is 66.5 Å². The van der Waals surface area contributed by atoms with Crippen LogP contribution in [0.25, 0.3) is 0 Å². The van der Waals surface area contributed by atoms with Gasteiger partial charge in [-0.1, -0.05) is 12.1 Å². The molecule has 1 N–H and O–H groups in total. The van der Waals surface area contributed by atoms with E-state index in [-0.39, 0.29) is 12.2 Å². The van der Waals surface area contributed by atoms with Gasteiger partial charge in [-0.05, 0) is 74.3 Å². The Kier molecular flexibility index (Phi) is 8.27. The van der Waals surface area contributed by atoms with Gasteiger partial charge in [0.2, 0.25) is 0 Å². The Balaban J connectivity index is 1.40. The second-order valence-corrected chi connectivity index (χ2v) is 9.96. The quantitative estimate of drug-likeness (QED) is 0.380. The molecule has 2 fully saturated rings. The van der Waals surface area contributed by atoms with E-state index < -0.39 is 41.8 Å². The molecule has 5 rings (SSSR count). The highest BCUT2D eigenvalue weighted by Crippen LogP contribution is 2.37. The minimum absolute atomic E-state index is 0.0327. The molecule has 0 bridgehead atoms. The molecule has 0 radical (unpaired) electrons. The van der Waals surface area contributed by atoms with Crippen LogP contribution in [0.4, 0.5) is 22.0 Å². The van der Waals surface area contributed by atoms with Crippen molar-refractivity contribution in [2.45, 2.75) is 57.5 Å². The van der Waals surface area contributed by atoms with E-state index in [1.165, 1.54) is 12.1 Å². The normalized spacial score (nSPS) is 21.9. The van der Waals surface area contributed by atoms with Crippen molar-refractivity contribution in [2.24, 2.45) is 0 Å². The molecule has 3 heterocycles. The number of likely N-dealkylation sites (tertiary alicyclic amines) is 1. The summed E-state index contributed by atoms with van der Waals surface area (Å²) < 4.78 is 79.8. The molecule has 2 aliphatic rings. The number of morpholine rings is 1. The Morgan fingerprint density at radius 2 is 1.67 bits per heavy atom. The van der Waals surface area contributed by atoms with Crippen LogP contribution in [0.3, 0.4) is 0 Å². The smallest absolute Gasteiger partial charge is 0.349 e. The molecule has 0 spiro atoms. The van der Waals surface area contributed by atoms with E-state index in [1.54, 1.807) is 19.1 Å². The van der Waals surface area contributed by atoms with Gasteiger partial charge in [-0.3, -0.25) is 9.80 Å². The third kappa shape index (κ3) is 6.63. The van der Waals surface area contributed by atoms with Crippen LogP contribution < -0.4 is 0 Å². The number of ether oxygens (including phenoxy) is 2. The predicted molar refractivity (Wildman–Crippen MR) is 131 cm³/mol. The van der Waals surface area contributed by atoms with Crippen LogP contribution in [0.1, 0.15) is 60.0 Å². The van der Waals surface area contributed by atoms with Crippen LogP contribution >= 0.6 is 0 Å². The molecule has 3 aromatic rings. The fourth-order valence-corrected chi connectivity index (χ4v) is 5.17. The van der Waals surface area contributed by atoms with Crippen LogP contribution in [0.15, 0.2) is 42.5 Å². The number of halogens is 5. The Hall–Kier alpha value is -2.93. The number of nitrogens with zero attached hydrogens (tertiary/aromatic N) is 4. The van der Waals surface area contributed by atoms with Gasteiger partial charge in [0.25, 0.3) is 0 Å². The fourth-order valence-electron chi connectivity index (χ4n) is 5.17. The van der Waals surface area contributed by atoms with Crippen LogP contribution in [0, 0.1) is 11.6 Å². The summed E-state index contributed by atoms with van der Waals surface area (Å²) in [4.78, 5) is 4.39. The van der Waals surface area contributed by atoms with Crippen molar-refractivity contribution < 1.29 is 31.4 Å². The zero-order valence-electron chi connectivity index (χ0n) is 21.4. The number of alkyl halides is 3. The highest BCUT2D eigenvalue weighted by atomic mass is 19.4. The Labute approximate surface area is 222 Å². The minimum atomic E-state index is -4.70. The number of aromatic nitrogens is 3. The molecule has 3 atom stereocenters. The zero-order valence-corrected chi connectivity index (χ0v) is 21.4. The summed E-state index contributed by atoms with van der Waals surface area (Å²) in [6, 6.07) is 7.73. The van der Waals surface area contributed by atoms with Crippen LogP contribution in [0.2, 0.25) is 0 Å². The SMILES string of the molecule is C[C@@H](O[C@H]1OCCN(Cc2n[nH]nc2CN2CCCC2)[C@H]1c1ccc(F)cc1)c1cc(F)cc(C(F)(F)F)c1. The lowest BCUT2D eigenvalue weighted by molar-refractivity contribution is -0.231. The number of H-pyrrole nitrogens is 1. The molecule has 2 aliphatic heterocycles. The molecule has 1 aromatic heterocycles.